The fourth-order valence-corrected chi connectivity index (χ4v) is 5.73. The van der Waals surface area contributed by atoms with Crippen LogP contribution in [0.5, 0.6) is 5.75 Å². The van der Waals surface area contributed by atoms with Crippen molar-refractivity contribution in [1.82, 2.24) is 10.0 Å². The lowest BCUT2D eigenvalue weighted by Gasteiger charge is -2.30. The predicted molar refractivity (Wildman–Crippen MR) is 159 cm³/mol. The van der Waals surface area contributed by atoms with Gasteiger partial charge < -0.3 is 4.74 Å². The molecule has 1 heterocycles. The van der Waals surface area contributed by atoms with Crippen molar-refractivity contribution < 1.29 is 28.7 Å². The molecule has 0 bridgehead atoms. The molecule has 0 spiro atoms. The summed E-state index contributed by atoms with van der Waals surface area (Å²) < 4.78 is 6.20. The zero-order chi connectivity index (χ0) is 30.1. The van der Waals surface area contributed by atoms with Gasteiger partial charge in [-0.05, 0) is 86.5 Å². The minimum atomic E-state index is -0.796. The summed E-state index contributed by atoms with van der Waals surface area (Å²) in [5.41, 5.74) is 1.48. The number of benzene rings is 3. The van der Waals surface area contributed by atoms with Gasteiger partial charge in [0.25, 0.3) is 17.7 Å². The molecule has 0 N–H and O–H groups in total. The summed E-state index contributed by atoms with van der Waals surface area (Å²) in [6, 6.07) is 16.6. The molecule has 11 heteroatoms. The first-order valence-electron chi connectivity index (χ1n) is 12.9. The van der Waals surface area contributed by atoms with E-state index >= 15 is 0 Å². The van der Waals surface area contributed by atoms with Crippen LogP contribution in [0.25, 0.3) is 0 Å². The van der Waals surface area contributed by atoms with Crippen LogP contribution >= 0.6 is 39.1 Å². The predicted octanol–water partition coefficient (Wildman–Crippen LogP) is 6.56. The van der Waals surface area contributed by atoms with Crippen molar-refractivity contribution in [2.75, 3.05) is 6.54 Å². The fraction of sp³-hybridized carbons (Fsp3) is 0.194. The Morgan fingerprint density at radius 3 is 2.24 bits per heavy atom. The highest BCUT2D eigenvalue weighted by molar-refractivity contribution is 9.10. The van der Waals surface area contributed by atoms with E-state index in [0.717, 1.165) is 20.1 Å². The lowest BCUT2D eigenvalue weighted by Crippen LogP contribution is -2.52. The number of allylic oxidation sites excluding steroid dienone is 2. The summed E-state index contributed by atoms with van der Waals surface area (Å²) in [6.45, 7) is 1.27. The second-order valence-electron chi connectivity index (χ2n) is 10.0. The molecule has 2 atom stereocenters. The number of hydrogen-bond donors (Lipinski definition) is 0. The maximum absolute atomic E-state index is 13.7. The molecular weight excluding hydrogens is 647 g/mol. The summed E-state index contributed by atoms with van der Waals surface area (Å²) in [4.78, 5) is 66.5. The van der Waals surface area contributed by atoms with Gasteiger partial charge in [0.1, 0.15) is 12.3 Å². The summed E-state index contributed by atoms with van der Waals surface area (Å²) in [5, 5.41) is 1.95. The number of rotatable bonds is 7. The lowest BCUT2D eigenvalue weighted by molar-refractivity contribution is -0.154. The average molecular weight is 670 g/mol. The molecule has 0 unspecified atom stereocenters. The second kappa shape index (κ2) is 12.2. The van der Waals surface area contributed by atoms with Gasteiger partial charge in [0, 0.05) is 15.1 Å². The van der Waals surface area contributed by atoms with Crippen molar-refractivity contribution in [3.63, 3.8) is 0 Å². The van der Waals surface area contributed by atoms with Crippen LogP contribution in [-0.4, -0.2) is 46.0 Å². The minimum absolute atomic E-state index is 0.0101. The zero-order valence-electron chi connectivity index (χ0n) is 22.2. The maximum atomic E-state index is 13.7. The number of imide groups is 1. The number of amides is 3. The van der Waals surface area contributed by atoms with Crippen molar-refractivity contribution in [1.29, 1.82) is 0 Å². The molecule has 3 amide bonds. The Hall–Kier alpha value is -3.79. The second-order valence-corrected chi connectivity index (χ2v) is 11.8. The summed E-state index contributed by atoms with van der Waals surface area (Å²) in [7, 11) is 0. The van der Waals surface area contributed by atoms with E-state index in [1.165, 1.54) is 42.5 Å². The number of nitrogens with zero attached hydrogens (tertiary/aromatic N) is 2. The normalized spacial score (nSPS) is 17.9. The number of ether oxygens (including phenoxy) is 1. The quantitative estimate of drug-likeness (QED) is 0.0929. The smallest absolute Gasteiger partial charge is 0.343 e. The molecule has 1 fully saturated rings. The number of fused-ring (bicyclic) bond motifs is 1. The Kier molecular flexibility index (Phi) is 8.63. The Labute approximate surface area is 259 Å². The van der Waals surface area contributed by atoms with Crippen LogP contribution in [-0.2, 0) is 9.59 Å². The molecule has 1 saturated heterocycles. The Morgan fingerprint density at radius 1 is 0.929 bits per heavy atom. The van der Waals surface area contributed by atoms with E-state index in [-0.39, 0.29) is 21.9 Å². The molecule has 2 aliphatic rings. The van der Waals surface area contributed by atoms with E-state index in [4.69, 9.17) is 27.9 Å². The van der Waals surface area contributed by atoms with Gasteiger partial charge in [0.05, 0.1) is 28.0 Å². The Balaban J connectivity index is 1.39. The van der Waals surface area contributed by atoms with Gasteiger partial charge in [0.15, 0.2) is 5.78 Å². The van der Waals surface area contributed by atoms with E-state index in [2.05, 4.69) is 15.9 Å². The van der Waals surface area contributed by atoms with Crippen LogP contribution in [0.2, 0.25) is 10.0 Å². The number of hydrazine groups is 1. The van der Waals surface area contributed by atoms with E-state index in [1.54, 1.807) is 24.3 Å². The molecule has 5 rings (SSSR count). The van der Waals surface area contributed by atoms with Crippen LogP contribution < -0.4 is 4.74 Å². The summed E-state index contributed by atoms with van der Waals surface area (Å²) in [5.74, 6) is -4.04. The summed E-state index contributed by atoms with van der Waals surface area (Å²) >= 11 is 15.6. The molecule has 0 aromatic heterocycles. The van der Waals surface area contributed by atoms with Crippen LogP contribution in [0.3, 0.4) is 0 Å². The van der Waals surface area contributed by atoms with Crippen molar-refractivity contribution in [3.05, 3.63) is 110 Å². The Bertz CT molecular complexity index is 1640. The third kappa shape index (κ3) is 6.04. The number of carbonyl (C=O) groups is 5. The van der Waals surface area contributed by atoms with Crippen molar-refractivity contribution >= 4 is 68.6 Å². The molecule has 214 valence electrons. The number of esters is 1. The number of hydrogen-bond acceptors (Lipinski definition) is 6. The third-order valence-corrected chi connectivity index (χ3v) is 8.27. The highest BCUT2D eigenvalue weighted by atomic mass is 79.9. The number of Topliss-reactive ketones (excluding diaryl/α,β-unsaturated/α-hetero) is 1. The molecule has 3 aromatic carbocycles. The van der Waals surface area contributed by atoms with E-state index in [9.17, 15) is 24.0 Å². The minimum Gasteiger partial charge on any atom is -0.423 e. The van der Waals surface area contributed by atoms with Gasteiger partial charge in [0.2, 0.25) is 0 Å². The van der Waals surface area contributed by atoms with Gasteiger partial charge in [-0.25, -0.2) is 9.80 Å². The fourth-order valence-electron chi connectivity index (χ4n) is 4.98. The van der Waals surface area contributed by atoms with Gasteiger partial charge in [-0.2, -0.15) is 5.01 Å². The third-order valence-electron chi connectivity index (χ3n) is 7.20. The number of carbonyl (C=O) groups excluding carboxylic acids is 5. The molecule has 0 radical (unpaired) electrons. The summed E-state index contributed by atoms with van der Waals surface area (Å²) in [6.07, 6.45) is 2.67. The highest BCUT2D eigenvalue weighted by Gasteiger charge is 2.52. The van der Waals surface area contributed by atoms with Crippen LogP contribution in [0.15, 0.2) is 82.9 Å². The van der Waals surface area contributed by atoms with Gasteiger partial charge in [-0.1, -0.05) is 50.8 Å². The molecule has 0 saturated carbocycles. The van der Waals surface area contributed by atoms with E-state index < -0.39 is 47.9 Å². The largest absolute Gasteiger partial charge is 0.423 e. The van der Waals surface area contributed by atoms with Gasteiger partial charge >= 0.3 is 5.97 Å². The van der Waals surface area contributed by atoms with Crippen LogP contribution in [0.1, 0.15) is 50.8 Å². The number of halogens is 3. The lowest BCUT2D eigenvalue weighted by atomic mass is 9.82. The topological polar surface area (TPSA) is 101 Å². The molecule has 8 nitrogen and oxygen atoms in total. The van der Waals surface area contributed by atoms with E-state index in [0.29, 0.717) is 23.4 Å². The van der Waals surface area contributed by atoms with Gasteiger partial charge in [-0.15, -0.1) is 0 Å². The maximum Gasteiger partial charge on any atom is 0.343 e. The highest BCUT2D eigenvalue weighted by Crippen LogP contribution is 2.39. The van der Waals surface area contributed by atoms with E-state index in [1.807, 2.05) is 13.0 Å². The first-order valence-corrected chi connectivity index (χ1v) is 14.5. The monoisotopic (exact) mass is 668 g/mol. The molecule has 1 aliphatic heterocycles. The van der Waals surface area contributed by atoms with Crippen molar-refractivity contribution in [2.45, 2.75) is 19.8 Å². The molecular formula is C31H23BrCl2N2O6. The standard InChI is InChI=1S/C31H23BrCl2N2O6/c1-17-2-12-23-25(14-17)30(40)36(29(23)39)35(28(38)24-13-9-21(33)15-26(24)34)16-27(37)18-5-10-22(11-6-18)42-31(41)19-3-7-20(32)8-4-19/h2-11,13,15,23,25H,12,14,16H2,1H3/t23-,25-/m0/s1. The SMILES string of the molecule is CC1=CC[C@@H]2C(=O)N(N(CC(=O)c3ccc(OC(=O)c4ccc(Br)cc4)cc3)C(=O)c3ccc(Cl)cc3Cl)C(=O)[C@H]2C1. The van der Waals surface area contributed by atoms with Crippen molar-refractivity contribution in [3.8, 4) is 5.75 Å². The van der Waals surface area contributed by atoms with Crippen LogP contribution in [0.4, 0.5) is 0 Å². The van der Waals surface area contributed by atoms with Gasteiger partial charge in [-0.3, -0.25) is 19.2 Å². The molecule has 1 aliphatic carbocycles. The Morgan fingerprint density at radius 2 is 1.57 bits per heavy atom. The van der Waals surface area contributed by atoms with Crippen molar-refractivity contribution in [2.24, 2.45) is 11.8 Å². The average Bonchev–Trinajstić information content (AvgIpc) is 3.20. The van der Waals surface area contributed by atoms with Crippen LogP contribution in [0, 0.1) is 11.8 Å². The zero-order valence-corrected chi connectivity index (χ0v) is 25.3. The first kappa shape index (κ1) is 29.7. The number of ketones is 1. The molecule has 3 aromatic rings. The first-order chi connectivity index (χ1) is 20.0. The molecule has 42 heavy (non-hydrogen) atoms.